The van der Waals surface area contributed by atoms with Gasteiger partial charge in [0, 0.05) is 38.3 Å². The molecule has 0 bridgehead atoms. The number of rotatable bonds is 6. The molecule has 0 spiro atoms. The number of carbonyl (C=O) groups is 2. The van der Waals surface area contributed by atoms with Gasteiger partial charge in [0.1, 0.15) is 0 Å². The first-order chi connectivity index (χ1) is 15.3. The van der Waals surface area contributed by atoms with Crippen molar-refractivity contribution in [3.8, 4) is 0 Å². The highest BCUT2D eigenvalue weighted by Gasteiger charge is 2.26. The first-order valence-corrected chi connectivity index (χ1v) is 11.2. The molecule has 10 nitrogen and oxygen atoms in total. The van der Waals surface area contributed by atoms with Crippen LogP contribution in [0.5, 0.6) is 0 Å². The van der Waals surface area contributed by atoms with Crippen LogP contribution in [-0.2, 0) is 14.3 Å². The molecule has 2 aliphatic rings. The summed E-state index contributed by atoms with van der Waals surface area (Å²) in [6.07, 6.45) is 3.72. The third-order valence-corrected chi connectivity index (χ3v) is 5.59. The second-order valence-corrected chi connectivity index (χ2v) is 8.45. The zero-order chi connectivity index (χ0) is 23.3. The molecule has 0 unspecified atom stereocenters. The van der Waals surface area contributed by atoms with Gasteiger partial charge in [-0.15, -0.1) is 0 Å². The minimum Gasteiger partial charge on any atom is -0.464 e. The minimum atomic E-state index is -0.694. The number of likely N-dealkylation sites (tertiary alicyclic amines) is 1. The topological polar surface area (TPSA) is 106 Å². The summed E-state index contributed by atoms with van der Waals surface area (Å²) < 4.78 is 9.86. The van der Waals surface area contributed by atoms with Gasteiger partial charge in [-0.1, -0.05) is 23.2 Å². The Hall–Kier alpha value is -2.30. The van der Waals surface area contributed by atoms with Gasteiger partial charge in [0.15, 0.2) is 21.8 Å². The van der Waals surface area contributed by atoms with Crippen LogP contribution in [0.2, 0.25) is 10.3 Å². The van der Waals surface area contributed by atoms with E-state index in [1.807, 2.05) is 24.8 Å². The molecule has 32 heavy (non-hydrogen) atoms. The van der Waals surface area contributed by atoms with Gasteiger partial charge in [0.25, 0.3) is 0 Å². The number of anilines is 1. The summed E-state index contributed by atoms with van der Waals surface area (Å²) in [5, 5.41) is 0.0229. The maximum absolute atomic E-state index is 12.0. The third kappa shape index (κ3) is 6.14. The molecule has 1 fully saturated rings. The van der Waals surface area contributed by atoms with Crippen molar-refractivity contribution in [2.75, 3.05) is 38.2 Å². The summed E-state index contributed by atoms with van der Waals surface area (Å²) in [4.78, 5) is 41.3. The van der Waals surface area contributed by atoms with Crippen LogP contribution in [0.3, 0.4) is 0 Å². The number of halogens is 2. The quantitative estimate of drug-likeness (QED) is 0.477. The monoisotopic (exact) mass is 487 g/mol. The van der Waals surface area contributed by atoms with Crippen LogP contribution in [0.15, 0.2) is 11.8 Å². The molecule has 0 atom stereocenters. The number of methoxy groups -OCH3 is 1. The highest BCUT2D eigenvalue weighted by atomic mass is 35.5. The molecule has 1 amide bonds. The largest absolute Gasteiger partial charge is 0.464 e. The van der Waals surface area contributed by atoms with E-state index in [0.29, 0.717) is 38.4 Å². The highest BCUT2D eigenvalue weighted by molar-refractivity contribution is 6.34. The van der Waals surface area contributed by atoms with Crippen molar-refractivity contribution in [2.24, 2.45) is 0 Å². The van der Waals surface area contributed by atoms with Crippen LogP contribution in [0.1, 0.15) is 43.6 Å². The fourth-order valence-corrected chi connectivity index (χ4v) is 3.81. The number of amides is 1. The molecular weight excluding hydrogens is 461 g/mol. The number of nitrogens with one attached hydrogen (secondary N) is 1. The Balaban J connectivity index is 1.48. The number of nitrogens with zero attached hydrogens (tertiary/aromatic N) is 4. The molecule has 1 aromatic heterocycles. The lowest BCUT2D eigenvalue weighted by atomic mass is 10.1. The lowest BCUT2D eigenvalue weighted by Crippen LogP contribution is -2.43. The average molecular weight is 488 g/mol. The molecule has 3 heterocycles. The summed E-state index contributed by atoms with van der Waals surface area (Å²) in [7, 11) is 1.23. The van der Waals surface area contributed by atoms with Gasteiger partial charge in [0.05, 0.1) is 19.3 Å². The Kier molecular flexibility index (Phi) is 8.38. The first kappa shape index (κ1) is 24.3. The number of carbonyl (C=O) groups excluding carboxylic acids is 2. The zero-order valence-electron chi connectivity index (χ0n) is 18.3. The van der Waals surface area contributed by atoms with Gasteiger partial charge >= 0.3 is 12.1 Å². The van der Waals surface area contributed by atoms with Crippen molar-refractivity contribution in [1.29, 1.82) is 0 Å². The smallest absolute Gasteiger partial charge is 0.410 e. The van der Waals surface area contributed by atoms with Crippen molar-refractivity contribution in [3.63, 3.8) is 0 Å². The predicted octanol–water partition coefficient (Wildman–Crippen LogP) is 3.19. The summed E-state index contributed by atoms with van der Waals surface area (Å²) in [5.41, 5.74) is 3.87. The fraction of sp³-hybridized carbons (Fsp3) is 0.600. The molecule has 0 radical (unpaired) electrons. The van der Waals surface area contributed by atoms with E-state index in [2.05, 4.69) is 20.2 Å². The van der Waals surface area contributed by atoms with Gasteiger partial charge in [-0.05, 0) is 32.8 Å². The van der Waals surface area contributed by atoms with Crippen LogP contribution in [0.25, 0.3) is 0 Å². The van der Waals surface area contributed by atoms with E-state index >= 15 is 0 Å². The second-order valence-electron chi connectivity index (χ2n) is 7.73. The number of hydroxylamine groups is 1. The molecule has 0 aliphatic carbocycles. The maximum Gasteiger partial charge on any atom is 0.410 e. The average Bonchev–Trinajstić information content (AvgIpc) is 2.78. The Bertz CT molecular complexity index is 874. The molecule has 1 aromatic rings. The Labute approximate surface area is 196 Å². The second kappa shape index (κ2) is 11.0. The maximum atomic E-state index is 12.0. The first-order valence-electron chi connectivity index (χ1n) is 10.4. The molecule has 0 saturated carbocycles. The molecule has 2 aliphatic heterocycles. The lowest BCUT2D eigenvalue weighted by molar-refractivity contribution is -0.0416. The number of esters is 1. The summed E-state index contributed by atoms with van der Waals surface area (Å²) >= 11 is 12.3. The number of hydrogen-bond donors (Lipinski definition) is 1. The van der Waals surface area contributed by atoms with Crippen LogP contribution in [0.4, 0.5) is 10.6 Å². The van der Waals surface area contributed by atoms with E-state index in [1.54, 1.807) is 4.90 Å². The Morgan fingerprint density at radius 3 is 2.47 bits per heavy atom. The summed E-state index contributed by atoms with van der Waals surface area (Å²) in [5.74, 6) is -0.290. The number of aromatic nitrogens is 2. The van der Waals surface area contributed by atoms with Crippen molar-refractivity contribution in [2.45, 2.75) is 45.3 Å². The van der Waals surface area contributed by atoms with E-state index in [0.717, 1.165) is 18.5 Å². The molecular formula is C20H27Cl2N5O5. The molecule has 176 valence electrons. The van der Waals surface area contributed by atoms with Gasteiger partial charge in [0.2, 0.25) is 0 Å². The van der Waals surface area contributed by atoms with Gasteiger partial charge in [-0.2, -0.15) is 0 Å². The van der Waals surface area contributed by atoms with E-state index in [9.17, 15) is 9.59 Å². The molecule has 3 rings (SSSR count). The minimum absolute atomic E-state index is 0.0158. The van der Waals surface area contributed by atoms with Crippen LogP contribution in [0, 0.1) is 0 Å². The lowest BCUT2D eigenvalue weighted by Gasteiger charge is -2.32. The summed E-state index contributed by atoms with van der Waals surface area (Å²) in [6.45, 7) is 6.01. The van der Waals surface area contributed by atoms with Crippen molar-refractivity contribution in [1.82, 2.24) is 20.3 Å². The number of ether oxygens (including phenoxy) is 2. The molecule has 1 N–H and O–H groups in total. The van der Waals surface area contributed by atoms with Crippen LogP contribution < -0.4 is 10.4 Å². The predicted molar refractivity (Wildman–Crippen MR) is 119 cm³/mol. The van der Waals surface area contributed by atoms with E-state index in [-0.39, 0.29) is 34.3 Å². The van der Waals surface area contributed by atoms with Gasteiger partial charge in [-0.3, -0.25) is 10.3 Å². The van der Waals surface area contributed by atoms with Crippen LogP contribution in [-0.4, -0.2) is 72.4 Å². The molecule has 1 saturated heterocycles. The van der Waals surface area contributed by atoms with E-state index in [4.69, 9.17) is 32.8 Å². The Morgan fingerprint density at radius 1 is 1.16 bits per heavy atom. The molecule has 12 heteroatoms. The SMILES string of the molecule is COC(=O)c1nc(Cl)c(N2CC=C(NOC3CCN(C(=O)OC(C)C)CC3)CC2)nc1Cl. The van der Waals surface area contributed by atoms with Crippen molar-refractivity contribution < 1.29 is 23.9 Å². The van der Waals surface area contributed by atoms with Crippen LogP contribution >= 0.6 is 23.2 Å². The van der Waals surface area contributed by atoms with E-state index in [1.165, 1.54) is 7.11 Å². The number of hydrogen-bond acceptors (Lipinski definition) is 9. The molecule has 0 aromatic carbocycles. The van der Waals surface area contributed by atoms with Crippen molar-refractivity contribution >= 4 is 41.1 Å². The van der Waals surface area contributed by atoms with Gasteiger partial charge in [-0.25, -0.2) is 19.6 Å². The number of piperidine rings is 1. The standard InChI is InChI=1S/C20H27Cl2N5O5/c1-12(2)31-20(29)27-10-6-14(7-11-27)32-25-13-4-8-26(9-5-13)18-17(22)23-15(16(21)24-18)19(28)30-3/h4,12,14,25H,5-11H2,1-3H3. The zero-order valence-corrected chi connectivity index (χ0v) is 19.8. The Morgan fingerprint density at radius 2 is 1.88 bits per heavy atom. The van der Waals surface area contributed by atoms with Crippen molar-refractivity contribution in [3.05, 3.63) is 27.8 Å². The van der Waals surface area contributed by atoms with E-state index < -0.39 is 5.97 Å². The highest BCUT2D eigenvalue weighted by Crippen LogP contribution is 2.28. The third-order valence-electron chi connectivity index (χ3n) is 5.07. The fourth-order valence-electron chi connectivity index (χ4n) is 3.36. The summed E-state index contributed by atoms with van der Waals surface area (Å²) in [6, 6.07) is 0. The van der Waals surface area contributed by atoms with Gasteiger partial charge < -0.3 is 19.3 Å². The normalized spacial score (nSPS) is 17.2.